The van der Waals surface area contributed by atoms with Gasteiger partial charge in [-0.15, -0.1) is 0 Å². The van der Waals surface area contributed by atoms with Crippen LogP contribution in [0.25, 0.3) is 33.0 Å². The first-order valence-corrected chi connectivity index (χ1v) is 16.4. The largest absolute Gasteiger partial charge is 0.310 e. The molecule has 0 amide bonds. The molecule has 9 rings (SSSR count). The summed E-state index contributed by atoms with van der Waals surface area (Å²) in [4.78, 5) is 5.10. The van der Waals surface area contributed by atoms with Gasteiger partial charge in [0.1, 0.15) is 0 Å². The molecule has 0 saturated carbocycles. The lowest BCUT2D eigenvalue weighted by Gasteiger charge is -2.33. The summed E-state index contributed by atoms with van der Waals surface area (Å²) in [5.41, 5.74) is 9.73. The van der Waals surface area contributed by atoms with E-state index in [4.69, 9.17) is 0 Å². The molecule has 0 atom stereocenters. The average molecular weight is 599 g/mol. The third-order valence-electron chi connectivity index (χ3n) is 8.90. The van der Waals surface area contributed by atoms with Crippen LogP contribution in [0.15, 0.2) is 168 Å². The lowest BCUT2D eigenvalue weighted by atomic mass is 9.90. The van der Waals surface area contributed by atoms with Crippen molar-refractivity contribution in [2.45, 2.75) is 9.79 Å². The first-order valence-electron chi connectivity index (χ1n) is 14.9. The predicted molar refractivity (Wildman–Crippen MR) is 183 cm³/mol. The van der Waals surface area contributed by atoms with Gasteiger partial charge in [0, 0.05) is 44.8 Å². The van der Waals surface area contributed by atoms with E-state index in [-0.39, 0.29) is 0 Å². The summed E-state index contributed by atoms with van der Waals surface area (Å²) in [7, 11) is -3.67. The SMILES string of the molecule is O=S1(=O)c2ccc(N(c3ccccc3)c3ccccc3)cc2-c2cc(N3c4ccccc4-c4cccc5cccc3c45)ccc21. The molecule has 7 aromatic carbocycles. The Morgan fingerprint density at radius 3 is 1.76 bits per heavy atom. The van der Waals surface area contributed by atoms with E-state index in [9.17, 15) is 8.42 Å². The Hall–Kier alpha value is -5.65. The average Bonchev–Trinajstić information content (AvgIpc) is 3.31. The Balaban J connectivity index is 1.25. The molecule has 45 heavy (non-hydrogen) atoms. The second kappa shape index (κ2) is 9.68. The van der Waals surface area contributed by atoms with Gasteiger partial charge in [-0.2, -0.15) is 0 Å². The molecule has 0 N–H and O–H groups in total. The standard InChI is InChI=1S/C40H26N2O2S/c43-45(44)38-23-21-30(41(28-13-3-1-4-14-28)29-15-5-2-6-16-29)25-34(38)35-26-31(22-24-39(35)45)42-36-19-8-7-17-32(36)33-18-9-11-27-12-10-20-37(42)40(27)33/h1-26H. The number of hydrogen-bond donors (Lipinski definition) is 0. The third-order valence-corrected chi connectivity index (χ3v) is 10.8. The van der Waals surface area contributed by atoms with Gasteiger partial charge in [0.2, 0.25) is 9.84 Å². The molecule has 2 aliphatic rings. The van der Waals surface area contributed by atoms with E-state index in [1.165, 1.54) is 16.3 Å². The highest BCUT2D eigenvalue weighted by atomic mass is 32.2. The van der Waals surface area contributed by atoms with Crippen molar-refractivity contribution in [1.82, 2.24) is 0 Å². The number of hydrogen-bond acceptors (Lipinski definition) is 4. The molecule has 0 fully saturated rings. The van der Waals surface area contributed by atoms with Crippen LogP contribution in [0.3, 0.4) is 0 Å². The molecule has 2 heterocycles. The predicted octanol–water partition coefficient (Wildman–Crippen LogP) is 10.6. The lowest BCUT2D eigenvalue weighted by molar-refractivity contribution is 0.598. The minimum absolute atomic E-state index is 0.339. The topological polar surface area (TPSA) is 40.6 Å². The number of fused-ring (bicyclic) bond motifs is 5. The molecule has 4 nitrogen and oxygen atoms in total. The Morgan fingerprint density at radius 2 is 1.02 bits per heavy atom. The zero-order valence-electron chi connectivity index (χ0n) is 24.1. The van der Waals surface area contributed by atoms with Crippen LogP contribution in [0.1, 0.15) is 0 Å². The highest BCUT2D eigenvalue weighted by molar-refractivity contribution is 7.92. The van der Waals surface area contributed by atoms with Crippen molar-refractivity contribution in [2.75, 3.05) is 9.80 Å². The summed E-state index contributed by atoms with van der Waals surface area (Å²) in [5, 5.41) is 2.36. The fourth-order valence-electron chi connectivity index (χ4n) is 6.96. The van der Waals surface area contributed by atoms with E-state index in [0.717, 1.165) is 39.7 Å². The van der Waals surface area contributed by atoms with Crippen LogP contribution in [0, 0.1) is 0 Å². The van der Waals surface area contributed by atoms with E-state index >= 15 is 0 Å². The van der Waals surface area contributed by atoms with Gasteiger partial charge < -0.3 is 9.80 Å². The maximum atomic E-state index is 13.9. The second-order valence-electron chi connectivity index (χ2n) is 11.4. The van der Waals surface area contributed by atoms with Gasteiger partial charge >= 0.3 is 0 Å². The summed E-state index contributed by atoms with van der Waals surface area (Å²) < 4.78 is 27.7. The monoisotopic (exact) mass is 598 g/mol. The third kappa shape index (κ3) is 3.81. The number of benzene rings is 7. The fraction of sp³-hybridized carbons (Fsp3) is 0. The first-order chi connectivity index (χ1) is 22.1. The van der Waals surface area contributed by atoms with Gasteiger partial charge in [-0.3, -0.25) is 0 Å². The number of anilines is 6. The zero-order valence-corrected chi connectivity index (χ0v) is 24.9. The van der Waals surface area contributed by atoms with Crippen LogP contribution >= 0.6 is 0 Å². The molecule has 0 aliphatic carbocycles. The number of para-hydroxylation sites is 3. The zero-order chi connectivity index (χ0) is 30.1. The number of sulfone groups is 1. The summed E-state index contributed by atoms with van der Waals surface area (Å²) in [5.74, 6) is 0. The molecular weight excluding hydrogens is 573 g/mol. The van der Waals surface area contributed by atoms with Crippen LogP contribution in [-0.4, -0.2) is 8.42 Å². The van der Waals surface area contributed by atoms with Crippen molar-refractivity contribution < 1.29 is 8.42 Å². The van der Waals surface area contributed by atoms with Gasteiger partial charge in [0.25, 0.3) is 0 Å². The molecule has 2 aliphatic heterocycles. The maximum absolute atomic E-state index is 13.9. The van der Waals surface area contributed by atoms with E-state index in [2.05, 4.69) is 94.7 Å². The Labute approximate surface area is 262 Å². The van der Waals surface area contributed by atoms with Crippen LogP contribution in [0.4, 0.5) is 34.1 Å². The van der Waals surface area contributed by atoms with E-state index in [0.29, 0.717) is 20.9 Å². The van der Waals surface area contributed by atoms with Crippen molar-refractivity contribution >= 4 is 54.7 Å². The van der Waals surface area contributed by atoms with Crippen LogP contribution in [0.2, 0.25) is 0 Å². The molecule has 0 spiro atoms. The maximum Gasteiger partial charge on any atom is 0.207 e. The normalized spacial score (nSPS) is 13.6. The van der Waals surface area contributed by atoms with E-state index < -0.39 is 9.84 Å². The summed E-state index contributed by atoms with van der Waals surface area (Å²) in [6, 6.07) is 53.0. The minimum Gasteiger partial charge on any atom is -0.310 e. The lowest BCUT2D eigenvalue weighted by Crippen LogP contribution is -2.15. The number of rotatable bonds is 4. The number of nitrogens with zero attached hydrogens (tertiary/aromatic N) is 2. The Morgan fingerprint density at radius 1 is 0.444 bits per heavy atom. The van der Waals surface area contributed by atoms with Gasteiger partial charge in [-0.05, 0) is 83.7 Å². The fourth-order valence-corrected chi connectivity index (χ4v) is 8.61. The first kappa shape index (κ1) is 25.8. The Kier molecular flexibility index (Phi) is 5.55. The molecule has 0 unspecified atom stereocenters. The minimum atomic E-state index is -3.67. The summed E-state index contributed by atoms with van der Waals surface area (Å²) >= 11 is 0. The molecule has 5 heteroatoms. The van der Waals surface area contributed by atoms with Gasteiger partial charge in [-0.25, -0.2) is 8.42 Å². The quantitative estimate of drug-likeness (QED) is 0.202. The van der Waals surface area contributed by atoms with Gasteiger partial charge in [0.05, 0.1) is 21.2 Å². The van der Waals surface area contributed by atoms with Crippen LogP contribution in [-0.2, 0) is 9.84 Å². The van der Waals surface area contributed by atoms with Gasteiger partial charge in [0.15, 0.2) is 0 Å². The highest BCUT2D eigenvalue weighted by Gasteiger charge is 2.35. The summed E-state index contributed by atoms with van der Waals surface area (Å²) in [6.07, 6.45) is 0. The van der Waals surface area contributed by atoms with Crippen molar-refractivity contribution in [1.29, 1.82) is 0 Å². The molecule has 0 bridgehead atoms. The van der Waals surface area contributed by atoms with Crippen molar-refractivity contribution in [3.05, 3.63) is 158 Å². The van der Waals surface area contributed by atoms with Crippen LogP contribution in [0.5, 0.6) is 0 Å². The molecule has 7 aromatic rings. The van der Waals surface area contributed by atoms with Crippen molar-refractivity contribution in [3.8, 4) is 22.3 Å². The van der Waals surface area contributed by atoms with Gasteiger partial charge in [-0.1, -0.05) is 84.9 Å². The molecule has 0 aromatic heterocycles. The van der Waals surface area contributed by atoms with Crippen molar-refractivity contribution in [2.24, 2.45) is 0 Å². The summed E-state index contributed by atoms with van der Waals surface area (Å²) in [6.45, 7) is 0. The Bertz CT molecular complexity index is 2360. The highest BCUT2D eigenvalue weighted by Crippen LogP contribution is 2.53. The van der Waals surface area contributed by atoms with Crippen molar-refractivity contribution in [3.63, 3.8) is 0 Å². The molecule has 0 radical (unpaired) electrons. The van der Waals surface area contributed by atoms with E-state index in [1.54, 1.807) is 12.1 Å². The molecule has 214 valence electrons. The molecular formula is C40H26N2O2S. The second-order valence-corrected chi connectivity index (χ2v) is 13.3. The van der Waals surface area contributed by atoms with E-state index in [1.807, 2.05) is 60.7 Å². The molecule has 0 saturated heterocycles. The smallest absolute Gasteiger partial charge is 0.207 e. The van der Waals surface area contributed by atoms with Crippen LogP contribution < -0.4 is 9.80 Å².